The molecule has 4 nitrogen and oxygen atoms in total. The lowest BCUT2D eigenvalue weighted by Gasteiger charge is -2.36. The molecule has 0 radical (unpaired) electrons. The normalized spacial score (nSPS) is 18.6. The van der Waals surface area contributed by atoms with Gasteiger partial charge in [0.05, 0.1) is 5.69 Å². The maximum absolute atomic E-state index is 5.68. The highest BCUT2D eigenvalue weighted by molar-refractivity contribution is 5.02. The lowest BCUT2D eigenvalue weighted by Crippen LogP contribution is -2.54. The third kappa shape index (κ3) is 2.02. The summed E-state index contributed by atoms with van der Waals surface area (Å²) >= 11 is 0. The topological polar surface area (TPSA) is 55.0 Å². The van der Waals surface area contributed by atoms with Gasteiger partial charge in [-0.15, -0.1) is 0 Å². The van der Waals surface area contributed by atoms with Gasteiger partial charge in [0.2, 0.25) is 0 Å². The second-order valence-corrected chi connectivity index (χ2v) is 3.55. The predicted molar refractivity (Wildman–Crippen MR) is 50.0 cm³/mol. The van der Waals surface area contributed by atoms with E-state index in [2.05, 4.69) is 14.9 Å². The monoisotopic (exact) mass is 178 g/mol. The number of rotatable bonds is 2. The predicted octanol–water partition coefficient (Wildman–Crippen LogP) is -0.0721. The molecule has 0 atom stereocenters. The quantitative estimate of drug-likeness (QED) is 0.688. The maximum Gasteiger partial charge on any atom is 0.125 e. The number of nitrogens with zero attached hydrogens (tertiary/aromatic N) is 3. The van der Waals surface area contributed by atoms with Gasteiger partial charge in [0.1, 0.15) is 5.82 Å². The van der Waals surface area contributed by atoms with E-state index >= 15 is 0 Å². The first-order valence-electron chi connectivity index (χ1n) is 4.50. The molecule has 0 saturated carbocycles. The Kier molecular flexibility index (Phi) is 2.24. The van der Waals surface area contributed by atoms with Crippen LogP contribution in [-0.4, -0.2) is 34.0 Å². The summed E-state index contributed by atoms with van der Waals surface area (Å²) in [5.41, 5.74) is 6.76. The standard InChI is InChI=1S/C9H14N4/c1-7-11-3-2-9(12-7)6-13-4-8(10)5-13/h2-3,8H,4-6,10H2,1H3. The van der Waals surface area contributed by atoms with Gasteiger partial charge < -0.3 is 5.73 Å². The lowest BCUT2D eigenvalue weighted by atomic mass is 10.1. The van der Waals surface area contributed by atoms with Crippen molar-refractivity contribution in [1.82, 2.24) is 14.9 Å². The molecule has 1 aromatic heterocycles. The van der Waals surface area contributed by atoms with Crippen molar-refractivity contribution in [3.8, 4) is 0 Å². The van der Waals surface area contributed by atoms with Crippen LogP contribution in [0.15, 0.2) is 12.3 Å². The molecule has 2 heterocycles. The molecule has 1 aromatic rings. The molecular weight excluding hydrogens is 164 g/mol. The summed E-state index contributed by atoms with van der Waals surface area (Å²) in [6.07, 6.45) is 1.80. The SMILES string of the molecule is Cc1nccc(CN2CC(N)C2)n1. The molecule has 4 heteroatoms. The highest BCUT2D eigenvalue weighted by atomic mass is 15.2. The molecule has 0 aromatic carbocycles. The van der Waals surface area contributed by atoms with Crippen molar-refractivity contribution < 1.29 is 0 Å². The van der Waals surface area contributed by atoms with E-state index in [9.17, 15) is 0 Å². The first-order chi connectivity index (χ1) is 6.24. The van der Waals surface area contributed by atoms with Crippen LogP contribution in [-0.2, 0) is 6.54 Å². The van der Waals surface area contributed by atoms with Crippen molar-refractivity contribution in [3.63, 3.8) is 0 Å². The van der Waals surface area contributed by atoms with Crippen LogP contribution in [0.3, 0.4) is 0 Å². The van der Waals surface area contributed by atoms with Crippen molar-refractivity contribution >= 4 is 0 Å². The average molecular weight is 178 g/mol. The Labute approximate surface area is 77.8 Å². The minimum absolute atomic E-state index is 0.364. The molecule has 0 aliphatic carbocycles. The van der Waals surface area contributed by atoms with Crippen LogP contribution in [0.5, 0.6) is 0 Å². The summed E-state index contributed by atoms with van der Waals surface area (Å²) in [5.74, 6) is 0.835. The van der Waals surface area contributed by atoms with Crippen LogP contribution in [0.25, 0.3) is 0 Å². The number of likely N-dealkylation sites (tertiary alicyclic amines) is 1. The van der Waals surface area contributed by atoms with Gasteiger partial charge in [-0.2, -0.15) is 0 Å². The highest BCUT2D eigenvalue weighted by Gasteiger charge is 2.22. The van der Waals surface area contributed by atoms with Crippen LogP contribution in [0.4, 0.5) is 0 Å². The van der Waals surface area contributed by atoms with Gasteiger partial charge in [0.25, 0.3) is 0 Å². The summed E-state index contributed by atoms with van der Waals surface area (Å²) in [6.45, 7) is 4.79. The zero-order valence-corrected chi connectivity index (χ0v) is 7.77. The molecule has 1 fully saturated rings. The molecular formula is C9H14N4. The molecule has 1 saturated heterocycles. The molecule has 0 unspecified atom stereocenters. The summed E-state index contributed by atoms with van der Waals surface area (Å²) < 4.78 is 0. The summed E-state index contributed by atoms with van der Waals surface area (Å²) in [6, 6.07) is 2.32. The minimum atomic E-state index is 0.364. The molecule has 1 aliphatic heterocycles. The van der Waals surface area contributed by atoms with E-state index < -0.39 is 0 Å². The molecule has 13 heavy (non-hydrogen) atoms. The van der Waals surface area contributed by atoms with Crippen molar-refractivity contribution in [2.24, 2.45) is 5.73 Å². The highest BCUT2D eigenvalue weighted by Crippen LogP contribution is 2.09. The zero-order valence-electron chi connectivity index (χ0n) is 7.77. The van der Waals surface area contributed by atoms with Gasteiger partial charge in [0.15, 0.2) is 0 Å². The van der Waals surface area contributed by atoms with Crippen LogP contribution < -0.4 is 5.73 Å². The lowest BCUT2D eigenvalue weighted by molar-refractivity contribution is 0.140. The van der Waals surface area contributed by atoms with E-state index in [0.29, 0.717) is 6.04 Å². The van der Waals surface area contributed by atoms with Gasteiger partial charge in [-0.25, -0.2) is 9.97 Å². The van der Waals surface area contributed by atoms with Gasteiger partial charge in [-0.1, -0.05) is 0 Å². The average Bonchev–Trinajstić information content (AvgIpc) is 2.01. The molecule has 1 aliphatic rings. The van der Waals surface area contributed by atoms with Crippen LogP contribution in [0, 0.1) is 6.92 Å². The Hall–Kier alpha value is -1.00. The molecule has 0 bridgehead atoms. The van der Waals surface area contributed by atoms with Crippen molar-refractivity contribution in [3.05, 3.63) is 23.8 Å². The maximum atomic E-state index is 5.68. The fourth-order valence-electron chi connectivity index (χ4n) is 1.56. The second kappa shape index (κ2) is 3.40. The molecule has 2 rings (SSSR count). The first-order valence-corrected chi connectivity index (χ1v) is 4.50. The number of hydrogen-bond acceptors (Lipinski definition) is 4. The van der Waals surface area contributed by atoms with Crippen LogP contribution in [0.2, 0.25) is 0 Å². The van der Waals surface area contributed by atoms with Crippen molar-refractivity contribution in [2.45, 2.75) is 19.5 Å². The Morgan fingerprint density at radius 3 is 3.00 bits per heavy atom. The first kappa shape index (κ1) is 8.59. The number of aryl methyl sites for hydroxylation is 1. The Balaban J connectivity index is 1.94. The largest absolute Gasteiger partial charge is 0.325 e. The smallest absolute Gasteiger partial charge is 0.125 e. The van der Waals surface area contributed by atoms with Gasteiger partial charge in [-0.05, 0) is 13.0 Å². The molecule has 2 N–H and O–H groups in total. The number of nitrogens with two attached hydrogens (primary N) is 1. The minimum Gasteiger partial charge on any atom is -0.325 e. The summed E-state index contributed by atoms with van der Waals surface area (Å²) in [7, 11) is 0. The molecule has 0 amide bonds. The Morgan fingerprint density at radius 2 is 2.38 bits per heavy atom. The fraction of sp³-hybridized carbons (Fsp3) is 0.556. The van der Waals surface area contributed by atoms with Crippen LogP contribution >= 0.6 is 0 Å². The van der Waals surface area contributed by atoms with Crippen molar-refractivity contribution in [2.75, 3.05) is 13.1 Å². The summed E-state index contributed by atoms with van der Waals surface area (Å²) in [4.78, 5) is 10.7. The summed E-state index contributed by atoms with van der Waals surface area (Å²) in [5, 5.41) is 0. The van der Waals surface area contributed by atoms with Crippen LogP contribution in [0.1, 0.15) is 11.5 Å². The van der Waals surface area contributed by atoms with E-state index in [4.69, 9.17) is 5.73 Å². The van der Waals surface area contributed by atoms with Gasteiger partial charge in [0, 0.05) is 31.9 Å². The second-order valence-electron chi connectivity index (χ2n) is 3.55. The number of aromatic nitrogens is 2. The van der Waals surface area contributed by atoms with E-state index in [0.717, 1.165) is 31.2 Å². The fourth-order valence-corrected chi connectivity index (χ4v) is 1.56. The molecule has 70 valence electrons. The molecule has 0 spiro atoms. The Bertz CT molecular complexity index is 293. The van der Waals surface area contributed by atoms with E-state index in [1.54, 1.807) is 6.20 Å². The Morgan fingerprint density at radius 1 is 1.62 bits per heavy atom. The van der Waals surface area contributed by atoms with E-state index in [1.165, 1.54) is 0 Å². The third-order valence-corrected chi connectivity index (χ3v) is 2.20. The third-order valence-electron chi connectivity index (χ3n) is 2.20. The zero-order chi connectivity index (χ0) is 9.26. The van der Waals surface area contributed by atoms with Gasteiger partial charge >= 0.3 is 0 Å². The van der Waals surface area contributed by atoms with Gasteiger partial charge in [-0.3, -0.25) is 4.90 Å². The van der Waals surface area contributed by atoms with Crippen molar-refractivity contribution in [1.29, 1.82) is 0 Å². The van der Waals surface area contributed by atoms with E-state index in [-0.39, 0.29) is 0 Å². The number of hydrogen-bond donors (Lipinski definition) is 1. The van der Waals surface area contributed by atoms with E-state index in [1.807, 2.05) is 13.0 Å².